The van der Waals surface area contributed by atoms with Crippen LogP contribution in [-0.4, -0.2) is 0 Å². The second-order valence-electron chi connectivity index (χ2n) is 5.35. The minimum Gasteiger partial charge on any atom is -0.0651 e. The van der Waals surface area contributed by atoms with Gasteiger partial charge in [0.15, 0.2) is 0 Å². The van der Waals surface area contributed by atoms with E-state index in [1.54, 1.807) is 0 Å². The van der Waals surface area contributed by atoms with Crippen molar-refractivity contribution in [2.75, 3.05) is 0 Å². The molecule has 0 atom stereocenters. The zero-order chi connectivity index (χ0) is 13.7. The molecule has 0 aliphatic carbocycles. The Morgan fingerprint density at radius 3 is 1.89 bits per heavy atom. The summed E-state index contributed by atoms with van der Waals surface area (Å²) in [5, 5.41) is 0. The van der Waals surface area contributed by atoms with Gasteiger partial charge in [0, 0.05) is 0 Å². The van der Waals surface area contributed by atoms with Crippen molar-refractivity contribution in [3.05, 3.63) is 59.2 Å². The molecule has 0 saturated carbocycles. The predicted octanol–water partition coefficient (Wildman–Crippen LogP) is 5.57. The Kier molecular flexibility index (Phi) is 4.79. The maximum Gasteiger partial charge on any atom is -0.0155 e. The van der Waals surface area contributed by atoms with Crippen LogP contribution in [0.2, 0.25) is 0 Å². The van der Waals surface area contributed by atoms with Crippen LogP contribution in [0, 0.1) is 6.92 Å². The van der Waals surface area contributed by atoms with Crippen molar-refractivity contribution in [2.45, 2.75) is 46.5 Å². The van der Waals surface area contributed by atoms with E-state index in [2.05, 4.69) is 63.2 Å². The lowest BCUT2D eigenvalue weighted by Crippen LogP contribution is -1.89. The molecule has 2 aromatic carbocycles. The first kappa shape index (κ1) is 13.9. The van der Waals surface area contributed by atoms with Gasteiger partial charge in [0.1, 0.15) is 0 Å². The molecule has 0 N–H and O–H groups in total. The molecular formula is C19H24. The summed E-state index contributed by atoms with van der Waals surface area (Å²) >= 11 is 0. The topological polar surface area (TPSA) is 0 Å². The standard InChI is InChI=1S/C19H24/c1-4-6-16-8-11-18(12-9-16)19-13-10-17(7-5-2)14-15(19)3/h8-14H,4-7H2,1-3H3. The highest BCUT2D eigenvalue weighted by Crippen LogP contribution is 2.25. The van der Waals surface area contributed by atoms with Gasteiger partial charge in [-0.3, -0.25) is 0 Å². The van der Waals surface area contributed by atoms with Crippen LogP contribution in [-0.2, 0) is 12.8 Å². The highest BCUT2D eigenvalue weighted by Gasteiger charge is 2.03. The van der Waals surface area contributed by atoms with Crippen LogP contribution in [0.25, 0.3) is 11.1 Å². The van der Waals surface area contributed by atoms with E-state index in [4.69, 9.17) is 0 Å². The van der Waals surface area contributed by atoms with Crippen molar-refractivity contribution in [3.63, 3.8) is 0 Å². The van der Waals surface area contributed by atoms with Crippen LogP contribution >= 0.6 is 0 Å². The van der Waals surface area contributed by atoms with Crippen LogP contribution < -0.4 is 0 Å². The molecule has 0 fully saturated rings. The van der Waals surface area contributed by atoms with Gasteiger partial charge >= 0.3 is 0 Å². The van der Waals surface area contributed by atoms with Crippen LogP contribution in [0.4, 0.5) is 0 Å². The molecule has 0 heterocycles. The van der Waals surface area contributed by atoms with E-state index >= 15 is 0 Å². The van der Waals surface area contributed by atoms with Gasteiger partial charge in [0.2, 0.25) is 0 Å². The van der Waals surface area contributed by atoms with E-state index in [0.717, 1.165) is 0 Å². The molecule has 100 valence electrons. The highest BCUT2D eigenvalue weighted by molar-refractivity contribution is 5.67. The van der Waals surface area contributed by atoms with Crippen molar-refractivity contribution >= 4 is 0 Å². The second kappa shape index (κ2) is 6.56. The zero-order valence-electron chi connectivity index (χ0n) is 12.4. The molecule has 0 heteroatoms. The third-order valence-corrected chi connectivity index (χ3v) is 3.63. The molecule has 0 aromatic heterocycles. The molecule has 2 rings (SSSR count). The fraction of sp³-hybridized carbons (Fsp3) is 0.368. The monoisotopic (exact) mass is 252 g/mol. The Balaban J connectivity index is 2.25. The Hall–Kier alpha value is -1.56. The van der Waals surface area contributed by atoms with Gasteiger partial charge in [-0.05, 0) is 47.6 Å². The first-order chi connectivity index (χ1) is 9.24. The number of aryl methyl sites for hydroxylation is 3. The molecule has 2 aromatic rings. The van der Waals surface area contributed by atoms with Gasteiger partial charge in [-0.25, -0.2) is 0 Å². The third-order valence-electron chi connectivity index (χ3n) is 3.63. The summed E-state index contributed by atoms with van der Waals surface area (Å²) in [6.45, 7) is 6.68. The van der Waals surface area contributed by atoms with Crippen molar-refractivity contribution in [1.82, 2.24) is 0 Å². The van der Waals surface area contributed by atoms with Crippen molar-refractivity contribution < 1.29 is 0 Å². The molecule has 0 spiro atoms. The van der Waals surface area contributed by atoms with Crippen LogP contribution in [0.1, 0.15) is 43.4 Å². The summed E-state index contributed by atoms with van der Waals surface area (Å²) in [5.41, 5.74) is 6.97. The minimum atomic E-state index is 1.18. The third kappa shape index (κ3) is 3.47. The normalized spacial score (nSPS) is 10.7. The van der Waals surface area contributed by atoms with Gasteiger partial charge in [0.25, 0.3) is 0 Å². The molecule has 0 unspecified atom stereocenters. The highest BCUT2D eigenvalue weighted by atomic mass is 14.1. The average Bonchev–Trinajstić information content (AvgIpc) is 2.41. The van der Waals surface area contributed by atoms with Gasteiger partial charge in [-0.1, -0.05) is 69.2 Å². The molecule has 0 amide bonds. The molecule has 0 aliphatic heterocycles. The first-order valence-electron chi connectivity index (χ1n) is 7.43. The Bertz CT molecular complexity index is 520. The second-order valence-corrected chi connectivity index (χ2v) is 5.35. The molecule has 19 heavy (non-hydrogen) atoms. The van der Waals surface area contributed by atoms with Crippen LogP contribution in [0.15, 0.2) is 42.5 Å². The lowest BCUT2D eigenvalue weighted by molar-refractivity contribution is 0.920. The molecule has 0 nitrogen and oxygen atoms in total. The Labute approximate surface area is 117 Å². The molecule has 0 aliphatic rings. The summed E-state index contributed by atoms with van der Waals surface area (Å²) in [7, 11) is 0. The summed E-state index contributed by atoms with van der Waals surface area (Å²) in [6.07, 6.45) is 4.78. The minimum absolute atomic E-state index is 1.18. The fourth-order valence-corrected chi connectivity index (χ4v) is 2.63. The van der Waals surface area contributed by atoms with Gasteiger partial charge in [0.05, 0.1) is 0 Å². The Morgan fingerprint density at radius 1 is 0.737 bits per heavy atom. The van der Waals surface area contributed by atoms with Crippen molar-refractivity contribution in [2.24, 2.45) is 0 Å². The summed E-state index contributed by atoms with van der Waals surface area (Å²) in [6, 6.07) is 15.9. The van der Waals surface area contributed by atoms with E-state index in [9.17, 15) is 0 Å². The molecule has 0 saturated heterocycles. The average molecular weight is 252 g/mol. The number of hydrogen-bond donors (Lipinski definition) is 0. The van der Waals surface area contributed by atoms with E-state index < -0.39 is 0 Å². The SMILES string of the molecule is CCCc1ccc(-c2ccc(CCC)cc2C)cc1. The predicted molar refractivity (Wildman–Crippen MR) is 84.6 cm³/mol. The van der Waals surface area contributed by atoms with Crippen molar-refractivity contribution in [3.8, 4) is 11.1 Å². The maximum atomic E-state index is 2.33. The Morgan fingerprint density at radius 2 is 1.32 bits per heavy atom. The number of rotatable bonds is 5. The fourth-order valence-electron chi connectivity index (χ4n) is 2.63. The van der Waals surface area contributed by atoms with Gasteiger partial charge in [-0.15, -0.1) is 0 Å². The van der Waals surface area contributed by atoms with E-state index in [1.807, 2.05) is 0 Å². The van der Waals surface area contributed by atoms with E-state index in [1.165, 1.54) is 53.5 Å². The molecule has 0 radical (unpaired) electrons. The van der Waals surface area contributed by atoms with Gasteiger partial charge in [-0.2, -0.15) is 0 Å². The largest absolute Gasteiger partial charge is 0.0651 e. The number of hydrogen-bond acceptors (Lipinski definition) is 0. The number of benzene rings is 2. The lowest BCUT2D eigenvalue weighted by Gasteiger charge is -2.09. The first-order valence-corrected chi connectivity index (χ1v) is 7.43. The lowest BCUT2D eigenvalue weighted by atomic mass is 9.96. The quantitative estimate of drug-likeness (QED) is 0.653. The smallest absolute Gasteiger partial charge is 0.0155 e. The maximum absolute atomic E-state index is 2.33. The summed E-state index contributed by atoms with van der Waals surface area (Å²) in [4.78, 5) is 0. The summed E-state index contributed by atoms with van der Waals surface area (Å²) in [5.74, 6) is 0. The summed E-state index contributed by atoms with van der Waals surface area (Å²) < 4.78 is 0. The van der Waals surface area contributed by atoms with E-state index in [-0.39, 0.29) is 0 Å². The van der Waals surface area contributed by atoms with Crippen LogP contribution in [0.3, 0.4) is 0 Å². The van der Waals surface area contributed by atoms with Crippen LogP contribution in [0.5, 0.6) is 0 Å². The van der Waals surface area contributed by atoms with E-state index in [0.29, 0.717) is 0 Å². The molecule has 0 bridgehead atoms. The zero-order valence-corrected chi connectivity index (χ0v) is 12.4. The van der Waals surface area contributed by atoms with Gasteiger partial charge < -0.3 is 0 Å². The molecular weight excluding hydrogens is 228 g/mol. The van der Waals surface area contributed by atoms with Crippen molar-refractivity contribution in [1.29, 1.82) is 0 Å².